The van der Waals surface area contributed by atoms with Crippen LogP contribution in [0.1, 0.15) is 25.3 Å². The Morgan fingerprint density at radius 1 is 0.900 bits per heavy atom. The molecule has 2 aromatic rings. The van der Waals surface area contributed by atoms with Gasteiger partial charge in [0.2, 0.25) is 0 Å². The number of benzene rings is 1. The zero-order chi connectivity index (χ0) is 14.0. The molecule has 3 nitrogen and oxygen atoms in total. The van der Waals surface area contributed by atoms with Crippen molar-refractivity contribution >= 4 is 0 Å². The molecule has 0 aliphatic carbocycles. The summed E-state index contributed by atoms with van der Waals surface area (Å²) in [7, 11) is 0. The van der Waals surface area contributed by atoms with E-state index in [4.69, 9.17) is 9.47 Å². The van der Waals surface area contributed by atoms with Crippen LogP contribution in [0.4, 0.5) is 0 Å². The molecule has 0 aliphatic rings. The maximum atomic E-state index is 5.69. The smallest absolute Gasteiger partial charge is 0.137 e. The second-order valence-electron chi connectivity index (χ2n) is 4.59. The number of unbranched alkanes of at least 4 members (excludes halogenated alkanes) is 1. The summed E-state index contributed by atoms with van der Waals surface area (Å²) in [6, 6.07) is 12.1. The van der Waals surface area contributed by atoms with Gasteiger partial charge in [0.05, 0.1) is 19.4 Å². The third-order valence-corrected chi connectivity index (χ3v) is 3.04. The lowest BCUT2D eigenvalue weighted by Crippen LogP contribution is -2.02. The highest BCUT2D eigenvalue weighted by molar-refractivity contribution is 5.27. The topological polar surface area (TPSA) is 31.4 Å². The first-order chi connectivity index (χ1) is 9.88. The predicted molar refractivity (Wildman–Crippen MR) is 80.3 cm³/mol. The van der Waals surface area contributed by atoms with Crippen molar-refractivity contribution in [3.63, 3.8) is 0 Å². The summed E-state index contributed by atoms with van der Waals surface area (Å²) in [5, 5.41) is 0. The molecule has 1 heterocycles. The normalized spacial score (nSPS) is 10.2. The highest BCUT2D eigenvalue weighted by Crippen LogP contribution is 2.13. The average Bonchev–Trinajstić information content (AvgIpc) is 2.52. The zero-order valence-corrected chi connectivity index (χ0v) is 11.9. The molecule has 1 aromatic heterocycles. The van der Waals surface area contributed by atoms with Gasteiger partial charge in [0, 0.05) is 6.20 Å². The number of hydrogen-bond donors (Lipinski definition) is 0. The van der Waals surface area contributed by atoms with Gasteiger partial charge in [-0.3, -0.25) is 4.98 Å². The van der Waals surface area contributed by atoms with E-state index in [1.54, 1.807) is 12.4 Å². The fourth-order valence-corrected chi connectivity index (χ4v) is 1.84. The van der Waals surface area contributed by atoms with Crippen LogP contribution in [-0.2, 0) is 6.42 Å². The maximum absolute atomic E-state index is 5.69. The molecule has 0 bridgehead atoms. The first-order valence-corrected chi connectivity index (χ1v) is 7.13. The van der Waals surface area contributed by atoms with Gasteiger partial charge in [-0.15, -0.1) is 0 Å². The van der Waals surface area contributed by atoms with Crippen LogP contribution in [-0.4, -0.2) is 18.2 Å². The summed E-state index contributed by atoms with van der Waals surface area (Å²) in [4.78, 5) is 4.00. The summed E-state index contributed by atoms with van der Waals surface area (Å²) in [6.07, 6.45) is 6.49. The minimum Gasteiger partial charge on any atom is -0.494 e. The van der Waals surface area contributed by atoms with Crippen molar-refractivity contribution < 1.29 is 9.47 Å². The molecule has 0 N–H and O–H groups in total. The standard InChI is InChI=1S/C17H21NO2/c1-2-15-7-9-16(10-8-15)19-12-3-4-13-20-17-6-5-11-18-14-17/h5-11,14H,2-4,12-13H2,1H3. The van der Waals surface area contributed by atoms with E-state index in [0.29, 0.717) is 6.61 Å². The molecule has 1 aromatic carbocycles. The number of aromatic nitrogens is 1. The van der Waals surface area contributed by atoms with Gasteiger partial charge in [-0.05, 0) is 49.1 Å². The largest absolute Gasteiger partial charge is 0.494 e. The summed E-state index contributed by atoms with van der Waals surface area (Å²) < 4.78 is 11.3. The van der Waals surface area contributed by atoms with Crippen molar-refractivity contribution in [2.75, 3.05) is 13.2 Å². The fraction of sp³-hybridized carbons (Fsp3) is 0.353. The molecule has 106 valence electrons. The molecule has 0 radical (unpaired) electrons. The van der Waals surface area contributed by atoms with E-state index in [-0.39, 0.29) is 0 Å². The van der Waals surface area contributed by atoms with Crippen LogP contribution in [0.25, 0.3) is 0 Å². The highest BCUT2D eigenvalue weighted by Gasteiger charge is 1.96. The van der Waals surface area contributed by atoms with E-state index >= 15 is 0 Å². The Morgan fingerprint density at radius 2 is 1.60 bits per heavy atom. The molecule has 0 saturated heterocycles. The molecule has 0 unspecified atom stereocenters. The molecule has 0 amide bonds. The quantitative estimate of drug-likeness (QED) is 0.683. The first-order valence-electron chi connectivity index (χ1n) is 7.13. The summed E-state index contributed by atoms with van der Waals surface area (Å²) in [6.45, 7) is 3.57. The number of ether oxygens (including phenoxy) is 2. The Hall–Kier alpha value is -2.03. The highest BCUT2D eigenvalue weighted by atomic mass is 16.5. The van der Waals surface area contributed by atoms with Crippen LogP contribution >= 0.6 is 0 Å². The van der Waals surface area contributed by atoms with Gasteiger partial charge in [0.15, 0.2) is 0 Å². The number of aryl methyl sites for hydroxylation is 1. The van der Waals surface area contributed by atoms with Crippen molar-refractivity contribution in [1.29, 1.82) is 0 Å². The molecule has 0 spiro atoms. The van der Waals surface area contributed by atoms with Crippen molar-refractivity contribution in [2.45, 2.75) is 26.2 Å². The van der Waals surface area contributed by atoms with E-state index in [1.165, 1.54) is 5.56 Å². The molecular formula is C17H21NO2. The van der Waals surface area contributed by atoms with E-state index in [0.717, 1.165) is 37.4 Å². The number of pyridine rings is 1. The molecule has 0 fully saturated rings. The van der Waals surface area contributed by atoms with E-state index in [1.807, 2.05) is 24.3 Å². The minimum atomic E-state index is 0.698. The SMILES string of the molecule is CCc1ccc(OCCCCOc2cccnc2)cc1. The average molecular weight is 271 g/mol. The molecule has 0 saturated carbocycles. The van der Waals surface area contributed by atoms with E-state index in [9.17, 15) is 0 Å². The molecule has 20 heavy (non-hydrogen) atoms. The summed E-state index contributed by atoms with van der Waals surface area (Å²) in [5.74, 6) is 1.76. The summed E-state index contributed by atoms with van der Waals surface area (Å²) in [5.41, 5.74) is 1.34. The van der Waals surface area contributed by atoms with Crippen molar-refractivity contribution in [2.24, 2.45) is 0 Å². The Balaban J connectivity index is 1.57. The Labute approximate surface area is 120 Å². The van der Waals surface area contributed by atoms with Crippen LogP contribution < -0.4 is 9.47 Å². The molecule has 2 rings (SSSR count). The monoisotopic (exact) mass is 271 g/mol. The minimum absolute atomic E-state index is 0.698. The Kier molecular flexibility index (Phi) is 5.90. The number of rotatable bonds is 8. The van der Waals surface area contributed by atoms with Crippen LogP contribution in [0.2, 0.25) is 0 Å². The van der Waals surface area contributed by atoms with Gasteiger partial charge in [0.25, 0.3) is 0 Å². The van der Waals surface area contributed by atoms with E-state index < -0.39 is 0 Å². The van der Waals surface area contributed by atoms with Crippen LogP contribution in [0, 0.1) is 0 Å². The van der Waals surface area contributed by atoms with Crippen molar-refractivity contribution in [3.05, 3.63) is 54.4 Å². The van der Waals surface area contributed by atoms with Crippen molar-refractivity contribution in [1.82, 2.24) is 4.98 Å². The fourth-order valence-electron chi connectivity index (χ4n) is 1.84. The first kappa shape index (κ1) is 14.4. The second-order valence-corrected chi connectivity index (χ2v) is 4.59. The van der Waals surface area contributed by atoms with Crippen LogP contribution in [0.5, 0.6) is 11.5 Å². The number of hydrogen-bond acceptors (Lipinski definition) is 3. The van der Waals surface area contributed by atoms with Gasteiger partial charge in [-0.25, -0.2) is 0 Å². The molecule has 0 atom stereocenters. The second kappa shape index (κ2) is 8.20. The zero-order valence-electron chi connectivity index (χ0n) is 11.9. The van der Waals surface area contributed by atoms with Gasteiger partial charge in [0.1, 0.15) is 11.5 Å². The van der Waals surface area contributed by atoms with Gasteiger partial charge >= 0.3 is 0 Å². The van der Waals surface area contributed by atoms with Gasteiger partial charge < -0.3 is 9.47 Å². The Morgan fingerprint density at radius 3 is 2.20 bits per heavy atom. The third kappa shape index (κ3) is 4.92. The van der Waals surface area contributed by atoms with Crippen molar-refractivity contribution in [3.8, 4) is 11.5 Å². The lowest BCUT2D eigenvalue weighted by Gasteiger charge is -2.08. The molecule has 0 aliphatic heterocycles. The van der Waals surface area contributed by atoms with Gasteiger partial charge in [-0.1, -0.05) is 19.1 Å². The number of nitrogens with zero attached hydrogens (tertiary/aromatic N) is 1. The van der Waals surface area contributed by atoms with Crippen LogP contribution in [0.15, 0.2) is 48.8 Å². The Bertz CT molecular complexity index is 482. The molecular weight excluding hydrogens is 250 g/mol. The predicted octanol–water partition coefficient (Wildman–Crippen LogP) is 3.88. The van der Waals surface area contributed by atoms with Crippen LogP contribution in [0.3, 0.4) is 0 Å². The summed E-state index contributed by atoms with van der Waals surface area (Å²) >= 11 is 0. The lowest BCUT2D eigenvalue weighted by atomic mass is 10.2. The third-order valence-electron chi connectivity index (χ3n) is 3.04. The van der Waals surface area contributed by atoms with E-state index in [2.05, 4.69) is 24.0 Å². The van der Waals surface area contributed by atoms with Gasteiger partial charge in [-0.2, -0.15) is 0 Å². The maximum Gasteiger partial charge on any atom is 0.137 e. The lowest BCUT2D eigenvalue weighted by molar-refractivity contribution is 0.266. The molecule has 3 heteroatoms.